The Morgan fingerprint density at radius 3 is 3.05 bits per heavy atom. The summed E-state index contributed by atoms with van der Waals surface area (Å²) < 4.78 is 1.66. The summed E-state index contributed by atoms with van der Waals surface area (Å²) in [7, 11) is 0. The second-order valence-electron chi connectivity index (χ2n) is 5.61. The number of aliphatic carboxylic acids is 1. The van der Waals surface area contributed by atoms with Crippen molar-refractivity contribution in [1.82, 2.24) is 20.2 Å². The van der Waals surface area contributed by atoms with Crippen molar-refractivity contribution in [3.63, 3.8) is 0 Å². The molecule has 1 fully saturated rings. The molecule has 1 N–H and O–H groups in total. The minimum Gasteiger partial charge on any atom is -0.481 e. The summed E-state index contributed by atoms with van der Waals surface area (Å²) in [5.74, 6) is 2.17. The first-order valence-electron chi connectivity index (χ1n) is 6.87. The third-order valence-electron chi connectivity index (χ3n) is 4.14. The average molecular weight is 322 g/mol. The number of aromatic nitrogens is 4. The fraction of sp³-hybridized carbons (Fsp3) is 0.538. The third-order valence-corrected chi connectivity index (χ3v) is 6.38. The van der Waals surface area contributed by atoms with Crippen molar-refractivity contribution in [3.05, 3.63) is 16.5 Å². The van der Waals surface area contributed by atoms with Gasteiger partial charge in [0.25, 0.3) is 0 Å². The van der Waals surface area contributed by atoms with Gasteiger partial charge in [0.15, 0.2) is 5.82 Å². The minimum atomic E-state index is -0.745. The van der Waals surface area contributed by atoms with Crippen LogP contribution in [0.3, 0.4) is 0 Å². The van der Waals surface area contributed by atoms with Gasteiger partial charge in [-0.25, -0.2) is 4.68 Å². The molecule has 1 aliphatic heterocycles. The number of carbonyl (C=O) groups is 1. The van der Waals surface area contributed by atoms with Gasteiger partial charge in [-0.15, -0.1) is 16.4 Å². The van der Waals surface area contributed by atoms with E-state index in [1.54, 1.807) is 16.0 Å². The van der Waals surface area contributed by atoms with Gasteiger partial charge >= 0.3 is 5.97 Å². The van der Waals surface area contributed by atoms with Gasteiger partial charge in [-0.2, -0.15) is 11.8 Å². The number of thioether (sulfide) groups is 1. The Bertz CT molecular complexity index is 681. The largest absolute Gasteiger partial charge is 0.481 e. The number of aryl methyl sites for hydroxylation is 1. The standard InChI is InChI=1S/C13H14N4O2S2/c18-12(19)13(2-3-13)7-17-11(14-15-16-17)10-5-8-6-20-4-1-9(8)21-10/h5H,1-4,6-7H2,(H,18,19). The lowest BCUT2D eigenvalue weighted by molar-refractivity contribution is -0.144. The maximum atomic E-state index is 11.3. The fourth-order valence-corrected chi connectivity index (χ4v) is 4.98. The molecule has 0 saturated heterocycles. The zero-order valence-corrected chi connectivity index (χ0v) is 12.9. The molecular weight excluding hydrogens is 308 g/mol. The van der Waals surface area contributed by atoms with Gasteiger partial charge in [-0.3, -0.25) is 4.79 Å². The first kappa shape index (κ1) is 13.3. The van der Waals surface area contributed by atoms with Gasteiger partial charge in [0.2, 0.25) is 0 Å². The summed E-state index contributed by atoms with van der Waals surface area (Å²) in [6.45, 7) is 0.363. The molecule has 0 spiro atoms. The molecule has 4 rings (SSSR count). The molecule has 0 radical (unpaired) electrons. The predicted octanol–water partition coefficient (Wildman–Crippen LogP) is 2.06. The number of rotatable bonds is 4. The molecule has 0 aromatic carbocycles. The van der Waals surface area contributed by atoms with Crippen molar-refractivity contribution in [3.8, 4) is 10.7 Å². The molecule has 0 unspecified atom stereocenters. The van der Waals surface area contributed by atoms with Crippen LogP contribution in [0.4, 0.5) is 0 Å². The number of thiophene rings is 1. The van der Waals surface area contributed by atoms with E-state index in [-0.39, 0.29) is 0 Å². The maximum Gasteiger partial charge on any atom is 0.311 e. The summed E-state index contributed by atoms with van der Waals surface area (Å²) in [6, 6.07) is 2.16. The second kappa shape index (κ2) is 4.81. The average Bonchev–Trinajstić information content (AvgIpc) is 2.94. The lowest BCUT2D eigenvalue weighted by atomic mass is 10.1. The minimum absolute atomic E-state index is 0.363. The van der Waals surface area contributed by atoms with Gasteiger partial charge in [-0.1, -0.05) is 0 Å². The molecule has 2 aromatic rings. The Morgan fingerprint density at radius 2 is 2.33 bits per heavy atom. The fourth-order valence-electron chi connectivity index (χ4n) is 2.62. The van der Waals surface area contributed by atoms with Crippen LogP contribution in [0.5, 0.6) is 0 Å². The highest BCUT2D eigenvalue weighted by Crippen LogP contribution is 2.48. The van der Waals surface area contributed by atoms with Crippen molar-refractivity contribution in [1.29, 1.82) is 0 Å². The summed E-state index contributed by atoms with van der Waals surface area (Å²) in [5.41, 5.74) is 0.719. The highest BCUT2D eigenvalue weighted by atomic mass is 32.2. The molecule has 0 amide bonds. The maximum absolute atomic E-state index is 11.3. The summed E-state index contributed by atoms with van der Waals surface area (Å²) in [5, 5.41) is 21.2. The normalized spacial score (nSPS) is 19.2. The lowest BCUT2D eigenvalue weighted by Crippen LogP contribution is -2.22. The van der Waals surface area contributed by atoms with Crippen molar-refractivity contribution < 1.29 is 9.90 Å². The van der Waals surface area contributed by atoms with Crippen molar-refractivity contribution >= 4 is 29.1 Å². The number of tetrazole rings is 1. The molecular formula is C13H14N4O2S2. The van der Waals surface area contributed by atoms with E-state index in [4.69, 9.17) is 0 Å². The SMILES string of the molecule is O=C(O)C1(Cn2nnnc2-c2cc3c(s2)CCSC3)CC1. The Hall–Kier alpha value is -1.41. The van der Waals surface area contributed by atoms with E-state index in [0.717, 1.165) is 17.1 Å². The van der Waals surface area contributed by atoms with Crippen LogP contribution in [0, 0.1) is 5.41 Å². The molecule has 0 bridgehead atoms. The number of carboxylic acids is 1. The zero-order valence-electron chi connectivity index (χ0n) is 11.3. The summed E-state index contributed by atoms with van der Waals surface area (Å²) in [4.78, 5) is 13.8. The van der Waals surface area contributed by atoms with Crippen LogP contribution in [0.15, 0.2) is 6.07 Å². The van der Waals surface area contributed by atoms with E-state index >= 15 is 0 Å². The van der Waals surface area contributed by atoms with E-state index < -0.39 is 11.4 Å². The number of carboxylic acid groups (broad SMARTS) is 1. The summed E-state index contributed by atoms with van der Waals surface area (Å²) >= 11 is 3.68. The van der Waals surface area contributed by atoms with Crippen LogP contribution in [-0.2, 0) is 23.5 Å². The van der Waals surface area contributed by atoms with Crippen LogP contribution in [0.25, 0.3) is 10.7 Å². The molecule has 1 saturated carbocycles. The quantitative estimate of drug-likeness (QED) is 0.928. The second-order valence-corrected chi connectivity index (χ2v) is 7.85. The van der Waals surface area contributed by atoms with E-state index in [0.29, 0.717) is 25.2 Å². The monoisotopic (exact) mass is 322 g/mol. The smallest absolute Gasteiger partial charge is 0.311 e. The number of hydrogen-bond donors (Lipinski definition) is 1. The van der Waals surface area contributed by atoms with Gasteiger partial charge in [0.1, 0.15) is 0 Å². The molecule has 1 aliphatic carbocycles. The Labute approximate surface area is 129 Å². The van der Waals surface area contributed by atoms with Crippen molar-refractivity contribution in [2.45, 2.75) is 31.6 Å². The number of hydrogen-bond acceptors (Lipinski definition) is 6. The van der Waals surface area contributed by atoms with Gasteiger partial charge < -0.3 is 5.11 Å². The highest BCUT2D eigenvalue weighted by molar-refractivity contribution is 7.98. The summed E-state index contributed by atoms with van der Waals surface area (Å²) in [6.07, 6.45) is 2.52. The highest BCUT2D eigenvalue weighted by Gasteiger charge is 2.51. The number of nitrogens with zero attached hydrogens (tertiary/aromatic N) is 4. The first-order chi connectivity index (χ1) is 10.2. The van der Waals surface area contributed by atoms with Gasteiger partial charge in [0.05, 0.1) is 16.8 Å². The topological polar surface area (TPSA) is 80.9 Å². The Morgan fingerprint density at radius 1 is 1.48 bits per heavy atom. The van der Waals surface area contributed by atoms with E-state index in [1.807, 2.05) is 11.8 Å². The van der Waals surface area contributed by atoms with Crippen LogP contribution in [0.1, 0.15) is 23.3 Å². The van der Waals surface area contributed by atoms with Gasteiger partial charge in [-0.05, 0) is 47.1 Å². The molecule has 2 aromatic heterocycles. The van der Waals surface area contributed by atoms with Gasteiger partial charge in [0, 0.05) is 10.6 Å². The van der Waals surface area contributed by atoms with Crippen LogP contribution in [-0.4, -0.2) is 37.0 Å². The molecule has 0 atom stereocenters. The van der Waals surface area contributed by atoms with E-state index in [9.17, 15) is 9.90 Å². The molecule has 21 heavy (non-hydrogen) atoms. The molecule has 110 valence electrons. The number of fused-ring (bicyclic) bond motifs is 1. The Balaban J connectivity index is 1.66. The van der Waals surface area contributed by atoms with E-state index in [2.05, 4.69) is 21.6 Å². The van der Waals surface area contributed by atoms with Crippen molar-refractivity contribution in [2.24, 2.45) is 5.41 Å². The first-order valence-corrected chi connectivity index (χ1v) is 8.84. The predicted molar refractivity (Wildman–Crippen MR) is 80.3 cm³/mol. The third kappa shape index (κ3) is 2.26. The molecule has 2 aliphatic rings. The zero-order chi connectivity index (χ0) is 14.4. The van der Waals surface area contributed by atoms with Crippen LogP contribution >= 0.6 is 23.1 Å². The van der Waals surface area contributed by atoms with E-state index in [1.165, 1.54) is 16.2 Å². The van der Waals surface area contributed by atoms with Crippen LogP contribution < -0.4 is 0 Å². The molecule has 3 heterocycles. The molecule has 6 nitrogen and oxygen atoms in total. The van der Waals surface area contributed by atoms with Crippen molar-refractivity contribution in [2.75, 3.05) is 5.75 Å². The Kier molecular flexibility index (Phi) is 3.04. The molecule has 8 heteroatoms. The lowest BCUT2D eigenvalue weighted by Gasteiger charge is -2.09. The van der Waals surface area contributed by atoms with Crippen LogP contribution in [0.2, 0.25) is 0 Å².